The number of ether oxygens (including phenoxy) is 1. The van der Waals surface area contributed by atoms with Crippen LogP contribution >= 0.6 is 0 Å². The normalized spacial score (nSPS) is 19.3. The van der Waals surface area contributed by atoms with Crippen molar-refractivity contribution in [1.82, 2.24) is 5.32 Å². The molecule has 4 heteroatoms. The summed E-state index contributed by atoms with van der Waals surface area (Å²) in [6.07, 6.45) is 24.2. The molecule has 30 heavy (non-hydrogen) atoms. The van der Waals surface area contributed by atoms with Crippen molar-refractivity contribution in [3.8, 4) is 0 Å². The largest absolute Gasteiger partial charge is 0.493 e. The second-order valence-corrected chi connectivity index (χ2v) is 7.55. The molecule has 1 unspecified atom stereocenters. The zero-order valence-corrected chi connectivity index (χ0v) is 17.7. The second-order valence-electron chi connectivity index (χ2n) is 7.55. The van der Waals surface area contributed by atoms with Gasteiger partial charge in [0.05, 0.1) is 6.04 Å². The first-order valence-electron chi connectivity index (χ1n) is 10.5. The van der Waals surface area contributed by atoms with E-state index in [1.54, 1.807) is 0 Å². The molecule has 3 rings (SSSR count). The van der Waals surface area contributed by atoms with Crippen LogP contribution in [0, 0.1) is 0 Å². The summed E-state index contributed by atoms with van der Waals surface area (Å²) in [4.78, 5) is 23.4. The van der Waals surface area contributed by atoms with E-state index in [4.69, 9.17) is 4.74 Å². The lowest BCUT2D eigenvalue weighted by Gasteiger charge is -2.10. The summed E-state index contributed by atoms with van der Waals surface area (Å²) in [6, 6.07) is -0.445. The molecule has 0 heterocycles. The third-order valence-electron chi connectivity index (χ3n) is 5.41. The zero-order valence-electron chi connectivity index (χ0n) is 17.7. The summed E-state index contributed by atoms with van der Waals surface area (Å²) in [7, 11) is 0. The Balaban J connectivity index is 1.67. The Morgan fingerprint density at radius 1 is 1.13 bits per heavy atom. The maximum atomic E-state index is 12.4. The van der Waals surface area contributed by atoms with E-state index in [1.165, 1.54) is 11.1 Å². The van der Waals surface area contributed by atoms with E-state index in [-0.39, 0.29) is 5.91 Å². The van der Waals surface area contributed by atoms with Crippen LogP contribution in [0.1, 0.15) is 39.5 Å². The molecule has 3 aliphatic carbocycles. The van der Waals surface area contributed by atoms with E-state index in [0.29, 0.717) is 31.4 Å². The Labute approximate surface area is 178 Å². The molecule has 1 atom stereocenters. The van der Waals surface area contributed by atoms with E-state index >= 15 is 0 Å². The lowest BCUT2D eigenvalue weighted by atomic mass is 10.0. The van der Waals surface area contributed by atoms with E-state index in [2.05, 4.69) is 48.7 Å². The number of hydrogen-bond acceptors (Lipinski definition) is 3. The molecular formula is C26H29NO3. The van der Waals surface area contributed by atoms with Gasteiger partial charge in [-0.3, -0.25) is 4.79 Å². The van der Waals surface area contributed by atoms with Crippen LogP contribution in [0.2, 0.25) is 0 Å². The molecule has 156 valence electrons. The molecule has 4 nitrogen and oxygen atoms in total. The van der Waals surface area contributed by atoms with Crippen LogP contribution in [-0.4, -0.2) is 24.8 Å². The molecule has 1 amide bonds. The van der Waals surface area contributed by atoms with Crippen LogP contribution in [-0.2, 0) is 14.3 Å². The lowest BCUT2D eigenvalue weighted by molar-refractivity contribution is -0.120. The lowest BCUT2D eigenvalue weighted by Crippen LogP contribution is -2.36. The van der Waals surface area contributed by atoms with Crippen LogP contribution in [0.4, 0.5) is 0 Å². The Hall–Kier alpha value is -3.14. The first-order valence-corrected chi connectivity index (χ1v) is 10.5. The summed E-state index contributed by atoms with van der Waals surface area (Å²) >= 11 is 0. The molecule has 3 aliphatic rings. The van der Waals surface area contributed by atoms with Crippen LogP contribution in [0.25, 0.3) is 0 Å². The number of carbonyl (C=O) groups excluding carboxylic acids is 2. The molecule has 0 saturated heterocycles. The highest BCUT2D eigenvalue weighted by molar-refractivity contribution is 5.97. The SMILES string of the molecule is CCC(C=O)NC(=O)C1=CCC2=CC=C(OCC3=C(C)C=CCC=C3)CC=C2C=C1. The maximum absolute atomic E-state index is 12.4. The number of carbonyl (C=O) groups is 2. The van der Waals surface area contributed by atoms with Crippen molar-refractivity contribution in [2.24, 2.45) is 0 Å². The third-order valence-corrected chi connectivity index (χ3v) is 5.41. The number of rotatable bonds is 7. The molecule has 0 radical (unpaired) electrons. The van der Waals surface area contributed by atoms with Gasteiger partial charge in [0.25, 0.3) is 5.91 Å². The number of aldehydes is 1. The van der Waals surface area contributed by atoms with E-state index in [1.807, 2.05) is 31.2 Å². The smallest absolute Gasteiger partial charge is 0.251 e. The van der Waals surface area contributed by atoms with Crippen molar-refractivity contribution in [3.05, 3.63) is 94.4 Å². The molecule has 0 bridgehead atoms. The van der Waals surface area contributed by atoms with Gasteiger partial charge >= 0.3 is 0 Å². The number of allylic oxidation sites excluding steroid dienone is 11. The molecule has 0 saturated carbocycles. The first-order chi connectivity index (χ1) is 14.6. The molecule has 0 spiro atoms. The summed E-state index contributed by atoms with van der Waals surface area (Å²) < 4.78 is 6.09. The van der Waals surface area contributed by atoms with Gasteiger partial charge in [0.15, 0.2) is 0 Å². The van der Waals surface area contributed by atoms with Crippen molar-refractivity contribution in [2.75, 3.05) is 6.61 Å². The van der Waals surface area contributed by atoms with Crippen molar-refractivity contribution in [1.29, 1.82) is 0 Å². The average molecular weight is 404 g/mol. The quantitative estimate of drug-likeness (QED) is 0.612. The fraction of sp³-hybridized carbons (Fsp3) is 0.308. The fourth-order valence-electron chi connectivity index (χ4n) is 3.39. The van der Waals surface area contributed by atoms with Crippen molar-refractivity contribution in [2.45, 2.75) is 45.6 Å². The van der Waals surface area contributed by atoms with Crippen LogP contribution in [0.15, 0.2) is 94.4 Å². The van der Waals surface area contributed by atoms with E-state index in [9.17, 15) is 9.59 Å². The molecular weight excluding hydrogens is 374 g/mol. The third kappa shape index (κ3) is 5.69. The van der Waals surface area contributed by atoms with Crippen LogP contribution in [0.3, 0.4) is 0 Å². The first kappa shape index (κ1) is 21.6. The van der Waals surface area contributed by atoms with Crippen LogP contribution in [0.5, 0.6) is 0 Å². The predicted molar refractivity (Wildman–Crippen MR) is 121 cm³/mol. The van der Waals surface area contributed by atoms with Crippen molar-refractivity contribution in [3.63, 3.8) is 0 Å². The molecule has 0 aromatic heterocycles. The zero-order chi connectivity index (χ0) is 21.3. The number of fused-ring (bicyclic) bond motifs is 1. The van der Waals surface area contributed by atoms with Gasteiger partial charge in [-0.25, -0.2) is 0 Å². The van der Waals surface area contributed by atoms with Gasteiger partial charge in [0.2, 0.25) is 0 Å². The molecule has 0 aromatic carbocycles. The maximum Gasteiger partial charge on any atom is 0.251 e. The molecule has 0 aromatic rings. The topological polar surface area (TPSA) is 55.4 Å². The minimum atomic E-state index is -0.445. The van der Waals surface area contributed by atoms with Crippen molar-refractivity contribution >= 4 is 12.2 Å². The van der Waals surface area contributed by atoms with Gasteiger partial charge in [0, 0.05) is 12.0 Å². The second kappa shape index (κ2) is 10.6. The molecule has 0 fully saturated rings. The molecule has 0 aliphatic heterocycles. The summed E-state index contributed by atoms with van der Waals surface area (Å²) in [5, 5.41) is 2.76. The summed E-state index contributed by atoms with van der Waals surface area (Å²) in [6.45, 7) is 4.54. The van der Waals surface area contributed by atoms with Crippen molar-refractivity contribution < 1.29 is 14.3 Å². The standard InChI is InChI=1S/C26H29NO3/c1-3-24(17-28)27-26(29)22-11-9-20-13-15-25(16-14-21(20)10-12-22)30-18-23-8-6-4-5-7-19(23)2/h5-9,11-14,16-17,24H,3-4,10,15,18H2,1-2H3,(H,27,29). The Morgan fingerprint density at radius 3 is 2.77 bits per heavy atom. The van der Waals surface area contributed by atoms with Gasteiger partial charge < -0.3 is 14.8 Å². The summed E-state index contributed by atoms with van der Waals surface area (Å²) in [5.74, 6) is 0.716. The minimum Gasteiger partial charge on any atom is -0.493 e. The van der Waals surface area contributed by atoms with Gasteiger partial charge in [-0.05, 0) is 60.6 Å². The van der Waals surface area contributed by atoms with Gasteiger partial charge in [-0.2, -0.15) is 0 Å². The number of hydrogen-bond donors (Lipinski definition) is 1. The highest BCUT2D eigenvalue weighted by Crippen LogP contribution is 2.27. The summed E-state index contributed by atoms with van der Waals surface area (Å²) in [5.41, 5.74) is 5.25. The van der Waals surface area contributed by atoms with Gasteiger partial charge in [0.1, 0.15) is 18.7 Å². The Kier molecular flexibility index (Phi) is 7.61. The van der Waals surface area contributed by atoms with E-state index in [0.717, 1.165) is 29.6 Å². The number of amides is 1. The Morgan fingerprint density at radius 2 is 1.97 bits per heavy atom. The Bertz CT molecular complexity index is 935. The monoisotopic (exact) mass is 403 g/mol. The predicted octanol–water partition coefficient (Wildman–Crippen LogP) is 4.96. The number of nitrogens with one attached hydrogen (secondary N) is 1. The fourth-order valence-corrected chi connectivity index (χ4v) is 3.39. The van der Waals surface area contributed by atoms with Gasteiger partial charge in [-0.1, -0.05) is 55.5 Å². The highest BCUT2D eigenvalue weighted by atomic mass is 16.5. The van der Waals surface area contributed by atoms with Crippen LogP contribution < -0.4 is 5.32 Å². The highest BCUT2D eigenvalue weighted by Gasteiger charge is 2.16. The van der Waals surface area contributed by atoms with Gasteiger partial charge in [-0.15, -0.1) is 0 Å². The average Bonchev–Trinajstić information content (AvgIpc) is 3.17. The van der Waals surface area contributed by atoms with E-state index < -0.39 is 6.04 Å². The minimum absolute atomic E-state index is 0.212. The molecule has 1 N–H and O–H groups in total.